The molecule has 0 unspecified atom stereocenters. The Labute approximate surface area is 158 Å². The molecule has 3 aromatic rings. The maximum atomic E-state index is 12.5. The summed E-state index contributed by atoms with van der Waals surface area (Å²) in [5.74, 6) is -0.995. The van der Waals surface area contributed by atoms with E-state index in [-0.39, 0.29) is 17.9 Å². The number of hydrogen-bond acceptors (Lipinski definition) is 6. The Morgan fingerprint density at radius 2 is 2.00 bits per heavy atom. The number of fused-ring (bicyclic) bond motifs is 1. The Morgan fingerprint density at radius 1 is 1.21 bits per heavy atom. The average Bonchev–Trinajstić information content (AvgIpc) is 2.60. The first-order valence-electron chi connectivity index (χ1n) is 8.33. The smallest absolute Gasteiger partial charge is 0.462 e. The molecule has 2 aromatic heterocycles. The predicted molar refractivity (Wildman–Crippen MR) is 96.6 cm³/mol. The van der Waals surface area contributed by atoms with Crippen LogP contribution >= 0.6 is 0 Å². The highest BCUT2D eigenvalue weighted by molar-refractivity contribution is 6.05. The van der Waals surface area contributed by atoms with E-state index >= 15 is 0 Å². The second-order valence-corrected chi connectivity index (χ2v) is 5.79. The fourth-order valence-corrected chi connectivity index (χ4v) is 2.59. The Hall–Kier alpha value is -3.36. The molecule has 0 aliphatic carbocycles. The van der Waals surface area contributed by atoms with Crippen molar-refractivity contribution in [2.75, 3.05) is 11.9 Å². The van der Waals surface area contributed by atoms with Gasteiger partial charge in [0, 0.05) is 29.0 Å². The second kappa shape index (κ2) is 7.71. The molecule has 0 saturated carbocycles. The second-order valence-electron chi connectivity index (χ2n) is 5.79. The number of alkyl halides is 3. The molecule has 0 amide bonds. The van der Waals surface area contributed by atoms with Crippen molar-refractivity contribution in [2.24, 2.45) is 0 Å². The maximum Gasteiger partial charge on any atom is 0.573 e. The molecule has 0 aliphatic rings. The summed E-state index contributed by atoms with van der Waals surface area (Å²) in [5.41, 5.74) is 1.89. The first kappa shape index (κ1) is 19.4. The maximum absolute atomic E-state index is 12.5. The highest BCUT2D eigenvalue weighted by Gasteiger charge is 2.31. The largest absolute Gasteiger partial charge is 0.573 e. The molecule has 28 heavy (non-hydrogen) atoms. The minimum Gasteiger partial charge on any atom is -0.462 e. The van der Waals surface area contributed by atoms with Crippen LogP contribution in [0.3, 0.4) is 0 Å². The van der Waals surface area contributed by atoms with Crippen LogP contribution in [0.15, 0.2) is 42.6 Å². The van der Waals surface area contributed by atoms with E-state index in [4.69, 9.17) is 4.74 Å². The van der Waals surface area contributed by atoms with Crippen molar-refractivity contribution in [3.8, 4) is 5.75 Å². The third-order valence-corrected chi connectivity index (χ3v) is 3.70. The molecule has 0 fully saturated rings. The Morgan fingerprint density at radius 3 is 2.71 bits per heavy atom. The van der Waals surface area contributed by atoms with Gasteiger partial charge in [-0.2, -0.15) is 0 Å². The van der Waals surface area contributed by atoms with Crippen LogP contribution < -0.4 is 10.1 Å². The van der Waals surface area contributed by atoms with E-state index < -0.39 is 12.3 Å². The zero-order chi connectivity index (χ0) is 20.3. The van der Waals surface area contributed by atoms with Crippen LogP contribution in [-0.4, -0.2) is 28.9 Å². The number of ether oxygens (including phenoxy) is 2. The molecule has 146 valence electrons. The van der Waals surface area contributed by atoms with Gasteiger partial charge in [-0.1, -0.05) is 6.07 Å². The van der Waals surface area contributed by atoms with Gasteiger partial charge in [-0.3, -0.25) is 0 Å². The van der Waals surface area contributed by atoms with Crippen LogP contribution in [0.2, 0.25) is 0 Å². The average molecular weight is 391 g/mol. The Balaban J connectivity index is 2.07. The number of esters is 1. The number of rotatable bonds is 5. The molecule has 6 nitrogen and oxygen atoms in total. The van der Waals surface area contributed by atoms with Crippen LogP contribution in [0.5, 0.6) is 5.75 Å². The van der Waals surface area contributed by atoms with Crippen LogP contribution in [0.4, 0.5) is 24.5 Å². The van der Waals surface area contributed by atoms with Crippen molar-refractivity contribution in [1.82, 2.24) is 9.97 Å². The molecule has 0 saturated heterocycles. The summed E-state index contributed by atoms with van der Waals surface area (Å²) < 4.78 is 46.4. The van der Waals surface area contributed by atoms with Crippen molar-refractivity contribution >= 4 is 28.4 Å². The van der Waals surface area contributed by atoms with E-state index in [0.29, 0.717) is 22.4 Å². The number of pyridine rings is 2. The first-order valence-corrected chi connectivity index (χ1v) is 8.33. The van der Waals surface area contributed by atoms with E-state index in [0.717, 1.165) is 5.69 Å². The number of nitrogens with one attached hydrogen (secondary N) is 1. The molecule has 1 aromatic carbocycles. The van der Waals surface area contributed by atoms with Crippen molar-refractivity contribution in [3.63, 3.8) is 0 Å². The number of halogens is 3. The summed E-state index contributed by atoms with van der Waals surface area (Å²) in [5, 5.41) is 3.50. The van der Waals surface area contributed by atoms with Crippen LogP contribution in [-0.2, 0) is 4.74 Å². The summed E-state index contributed by atoms with van der Waals surface area (Å²) in [6.07, 6.45) is -3.48. The number of carbonyl (C=O) groups is 1. The van der Waals surface area contributed by atoms with E-state index in [9.17, 15) is 18.0 Å². The van der Waals surface area contributed by atoms with Gasteiger partial charge in [-0.15, -0.1) is 13.2 Å². The van der Waals surface area contributed by atoms with E-state index in [1.165, 1.54) is 24.4 Å². The number of nitrogens with zero attached hydrogens (tertiary/aromatic N) is 2. The van der Waals surface area contributed by atoms with Crippen LogP contribution in [0.1, 0.15) is 23.0 Å². The van der Waals surface area contributed by atoms with Gasteiger partial charge in [0.25, 0.3) is 0 Å². The van der Waals surface area contributed by atoms with Crippen LogP contribution in [0.25, 0.3) is 11.0 Å². The standard InChI is InChI=1S/C19H16F3N3O3/c1-3-27-18(26)15-10-23-17-14(8-7-11(2)24-17)16(15)25-12-5-4-6-13(9-12)28-19(20,21)22/h4-10H,3H2,1-2H3,(H,23,24,25). The first-order chi connectivity index (χ1) is 13.3. The van der Waals surface area contributed by atoms with Gasteiger partial charge >= 0.3 is 12.3 Å². The van der Waals surface area contributed by atoms with Crippen molar-refractivity contribution in [3.05, 3.63) is 53.9 Å². The van der Waals surface area contributed by atoms with Crippen molar-refractivity contribution < 1.29 is 27.4 Å². The summed E-state index contributed by atoms with van der Waals surface area (Å²) in [7, 11) is 0. The number of aryl methyl sites for hydroxylation is 1. The number of anilines is 2. The molecule has 9 heteroatoms. The van der Waals surface area contributed by atoms with Crippen molar-refractivity contribution in [1.29, 1.82) is 0 Å². The number of aromatic nitrogens is 2. The molecule has 0 atom stereocenters. The molecule has 0 bridgehead atoms. The van der Waals surface area contributed by atoms with Crippen molar-refractivity contribution in [2.45, 2.75) is 20.2 Å². The normalized spacial score (nSPS) is 11.3. The van der Waals surface area contributed by atoms with Gasteiger partial charge in [0.1, 0.15) is 11.3 Å². The number of carbonyl (C=O) groups excluding carboxylic acids is 1. The Bertz CT molecular complexity index is 1020. The van der Waals surface area contributed by atoms with Gasteiger partial charge in [-0.25, -0.2) is 14.8 Å². The van der Waals surface area contributed by atoms with Gasteiger partial charge in [0.05, 0.1) is 12.3 Å². The van der Waals surface area contributed by atoms with Gasteiger partial charge < -0.3 is 14.8 Å². The van der Waals surface area contributed by atoms with Gasteiger partial charge in [0.2, 0.25) is 0 Å². The van der Waals surface area contributed by atoms with Gasteiger partial charge in [-0.05, 0) is 38.1 Å². The minimum absolute atomic E-state index is 0.141. The lowest BCUT2D eigenvalue weighted by atomic mass is 10.1. The highest BCUT2D eigenvalue weighted by atomic mass is 19.4. The molecule has 1 N–H and O–H groups in total. The summed E-state index contributed by atoms with van der Waals surface area (Å²) in [4.78, 5) is 20.8. The molecular weight excluding hydrogens is 375 g/mol. The lowest BCUT2D eigenvalue weighted by Gasteiger charge is -2.15. The minimum atomic E-state index is -4.81. The van der Waals surface area contributed by atoms with E-state index in [1.807, 2.05) is 0 Å². The van der Waals surface area contributed by atoms with E-state index in [1.54, 1.807) is 32.0 Å². The quantitative estimate of drug-likeness (QED) is 0.633. The number of benzene rings is 1. The third kappa shape index (κ3) is 4.48. The fourth-order valence-electron chi connectivity index (χ4n) is 2.59. The molecular formula is C19H16F3N3O3. The summed E-state index contributed by atoms with van der Waals surface area (Å²) >= 11 is 0. The lowest BCUT2D eigenvalue weighted by Crippen LogP contribution is -2.17. The SMILES string of the molecule is CCOC(=O)c1cnc2nc(C)ccc2c1Nc1cccc(OC(F)(F)F)c1. The Kier molecular flexibility index (Phi) is 5.34. The summed E-state index contributed by atoms with van der Waals surface area (Å²) in [6, 6.07) is 8.78. The van der Waals surface area contributed by atoms with Crippen LogP contribution in [0, 0.1) is 6.92 Å². The lowest BCUT2D eigenvalue weighted by molar-refractivity contribution is -0.274. The zero-order valence-electron chi connectivity index (χ0n) is 15.0. The zero-order valence-corrected chi connectivity index (χ0v) is 15.0. The molecule has 3 rings (SSSR count). The molecule has 2 heterocycles. The fraction of sp³-hybridized carbons (Fsp3) is 0.211. The topological polar surface area (TPSA) is 73.3 Å². The molecule has 0 spiro atoms. The summed E-state index contributed by atoms with van der Waals surface area (Å²) in [6.45, 7) is 3.63. The monoisotopic (exact) mass is 391 g/mol. The predicted octanol–water partition coefficient (Wildman–Crippen LogP) is 4.76. The van der Waals surface area contributed by atoms with Gasteiger partial charge in [0.15, 0.2) is 5.65 Å². The third-order valence-electron chi connectivity index (χ3n) is 3.70. The molecule has 0 radical (unpaired) electrons. The number of hydrogen-bond donors (Lipinski definition) is 1. The van der Waals surface area contributed by atoms with E-state index in [2.05, 4.69) is 20.0 Å². The molecule has 0 aliphatic heterocycles. The highest BCUT2D eigenvalue weighted by Crippen LogP contribution is 2.31.